The number of aliphatic hydroxyl groups is 1. The molecule has 0 radical (unpaired) electrons. The van der Waals surface area contributed by atoms with Gasteiger partial charge in [0.15, 0.2) is 0 Å². The van der Waals surface area contributed by atoms with Gasteiger partial charge in [0.1, 0.15) is 12.5 Å². The molecule has 0 aromatic heterocycles. The minimum absolute atomic E-state index is 0.186. The van der Waals surface area contributed by atoms with Gasteiger partial charge in [-0.1, -0.05) is 12.1 Å². The van der Waals surface area contributed by atoms with Crippen LogP contribution in [0.25, 0.3) is 0 Å². The van der Waals surface area contributed by atoms with Crippen LogP contribution in [-0.4, -0.2) is 49.1 Å². The molecule has 1 aromatic rings. The first-order valence-electron chi connectivity index (χ1n) is 8.68. The minimum atomic E-state index is -1.12. The van der Waals surface area contributed by atoms with Gasteiger partial charge in [-0.2, -0.15) is 0 Å². The third-order valence-electron chi connectivity index (χ3n) is 4.86. The Bertz CT molecular complexity index is 722. The van der Waals surface area contributed by atoms with Gasteiger partial charge < -0.3 is 24.7 Å². The van der Waals surface area contributed by atoms with Crippen LogP contribution in [0.3, 0.4) is 0 Å². The number of hydrogen-bond acceptors (Lipinski definition) is 6. The number of aliphatic hydroxyl groups excluding tert-OH is 1. The molecule has 0 bridgehead atoms. The van der Waals surface area contributed by atoms with E-state index >= 15 is 0 Å². The highest BCUT2D eigenvalue weighted by Crippen LogP contribution is 2.50. The molecular formula is C18H22N2O6. The maximum atomic E-state index is 12.3. The Hall–Kier alpha value is -2.61. The molecule has 2 aliphatic rings. The Morgan fingerprint density at radius 3 is 2.69 bits per heavy atom. The summed E-state index contributed by atoms with van der Waals surface area (Å²) in [5.41, 5.74) is 1.99. The quantitative estimate of drug-likeness (QED) is 0.792. The van der Waals surface area contributed by atoms with Crippen molar-refractivity contribution in [2.24, 2.45) is 0 Å². The Labute approximate surface area is 151 Å². The van der Waals surface area contributed by atoms with Crippen molar-refractivity contribution in [2.75, 3.05) is 18.1 Å². The van der Waals surface area contributed by atoms with E-state index in [9.17, 15) is 19.5 Å². The fraction of sp³-hybridized carbons (Fsp3) is 0.500. The number of amides is 2. The normalized spacial score (nSPS) is 26.0. The van der Waals surface area contributed by atoms with Gasteiger partial charge in [0.05, 0.1) is 24.8 Å². The molecule has 4 atom stereocenters. The van der Waals surface area contributed by atoms with Gasteiger partial charge >= 0.3 is 12.2 Å². The summed E-state index contributed by atoms with van der Waals surface area (Å²) >= 11 is 0. The predicted octanol–water partition coefficient (Wildman–Crippen LogP) is 1.87. The topological polar surface area (TPSA) is 105 Å². The van der Waals surface area contributed by atoms with Gasteiger partial charge in [0.2, 0.25) is 0 Å². The summed E-state index contributed by atoms with van der Waals surface area (Å²) in [6, 6.07) is 4.69. The van der Waals surface area contributed by atoms with E-state index in [2.05, 4.69) is 5.32 Å². The first-order chi connectivity index (χ1) is 12.5. The number of hydrogen-bond donors (Lipinski definition) is 2. The second-order valence-corrected chi connectivity index (χ2v) is 6.24. The van der Waals surface area contributed by atoms with Crippen LogP contribution >= 0.6 is 0 Å². The van der Waals surface area contributed by atoms with Crippen LogP contribution in [-0.2, 0) is 14.3 Å². The van der Waals surface area contributed by atoms with Crippen LogP contribution in [0.4, 0.5) is 15.3 Å². The molecule has 1 aliphatic carbocycles. The van der Waals surface area contributed by atoms with Crippen molar-refractivity contribution in [1.29, 1.82) is 0 Å². The smallest absolute Gasteiger partial charge is 0.416 e. The lowest BCUT2D eigenvalue weighted by Crippen LogP contribution is -2.46. The average Bonchev–Trinajstić information content (AvgIpc) is 2.89. The maximum absolute atomic E-state index is 12.3. The molecule has 0 saturated carbocycles. The second-order valence-electron chi connectivity index (χ2n) is 6.24. The Morgan fingerprint density at radius 2 is 2.04 bits per heavy atom. The Morgan fingerprint density at radius 1 is 1.31 bits per heavy atom. The number of anilines is 1. The average molecular weight is 362 g/mol. The lowest BCUT2D eigenvalue weighted by atomic mass is 9.74. The summed E-state index contributed by atoms with van der Waals surface area (Å²) < 4.78 is 9.96. The molecule has 140 valence electrons. The van der Waals surface area contributed by atoms with Crippen LogP contribution < -0.4 is 10.2 Å². The third kappa shape index (κ3) is 2.90. The molecule has 3 rings (SSSR count). The van der Waals surface area contributed by atoms with Crippen molar-refractivity contribution in [1.82, 2.24) is 5.32 Å². The predicted molar refractivity (Wildman–Crippen MR) is 92.1 cm³/mol. The minimum Gasteiger partial charge on any atom is -0.450 e. The van der Waals surface area contributed by atoms with Gasteiger partial charge in [-0.3, -0.25) is 4.90 Å². The SMILES string of the molecule is CCOC(=O)N[C@@H]1CC2c3c(cccc3N(C(=O)OCC)C2O)[C@H]1C=O. The zero-order valence-corrected chi connectivity index (χ0v) is 14.7. The molecule has 1 aliphatic heterocycles. The van der Waals surface area contributed by atoms with E-state index in [-0.39, 0.29) is 13.2 Å². The molecule has 0 spiro atoms. The van der Waals surface area contributed by atoms with Crippen LogP contribution in [0.15, 0.2) is 18.2 Å². The summed E-state index contributed by atoms with van der Waals surface area (Å²) in [4.78, 5) is 37.1. The fourth-order valence-electron chi connectivity index (χ4n) is 3.86. The van der Waals surface area contributed by atoms with E-state index in [1.165, 1.54) is 4.90 Å². The van der Waals surface area contributed by atoms with E-state index < -0.39 is 36.3 Å². The van der Waals surface area contributed by atoms with Crippen LogP contribution in [0.1, 0.15) is 43.2 Å². The molecule has 0 fully saturated rings. The number of benzene rings is 1. The van der Waals surface area contributed by atoms with Gasteiger partial charge in [0, 0.05) is 12.0 Å². The molecule has 8 nitrogen and oxygen atoms in total. The monoisotopic (exact) mass is 362 g/mol. The Balaban J connectivity index is 1.98. The van der Waals surface area contributed by atoms with Gasteiger partial charge in [-0.25, -0.2) is 9.59 Å². The van der Waals surface area contributed by atoms with Gasteiger partial charge in [-0.15, -0.1) is 0 Å². The summed E-state index contributed by atoms with van der Waals surface area (Å²) in [5.74, 6) is -1.01. The Kier molecular flexibility index (Phi) is 5.13. The highest BCUT2D eigenvalue weighted by molar-refractivity contribution is 5.92. The summed E-state index contributed by atoms with van der Waals surface area (Å²) in [5, 5.41) is 13.4. The standard InChI is InChI=1S/C18H22N2O6/c1-3-25-17(23)19-13-8-11-15-10(12(13)9-21)6-5-7-14(15)20(16(11)22)18(24)26-4-2/h5-7,9,11-13,16,22H,3-4,8H2,1-2H3,(H,19,23)/t11?,12-,13-,16?/m1/s1. The molecule has 26 heavy (non-hydrogen) atoms. The fourth-order valence-corrected chi connectivity index (χ4v) is 3.86. The molecule has 0 saturated heterocycles. The molecule has 2 unspecified atom stereocenters. The first-order valence-corrected chi connectivity index (χ1v) is 8.68. The van der Waals surface area contributed by atoms with Crippen molar-refractivity contribution in [3.63, 3.8) is 0 Å². The van der Waals surface area contributed by atoms with Gasteiger partial charge in [-0.05, 0) is 37.5 Å². The van der Waals surface area contributed by atoms with E-state index in [1.807, 2.05) is 0 Å². The summed E-state index contributed by atoms with van der Waals surface area (Å²) in [7, 11) is 0. The number of carbonyl (C=O) groups is 3. The lowest BCUT2D eigenvalue weighted by molar-refractivity contribution is -0.109. The van der Waals surface area contributed by atoms with Crippen molar-refractivity contribution >= 4 is 24.2 Å². The van der Waals surface area contributed by atoms with Crippen molar-refractivity contribution in [3.05, 3.63) is 29.3 Å². The second kappa shape index (κ2) is 7.33. The van der Waals surface area contributed by atoms with E-state index in [0.717, 1.165) is 11.8 Å². The van der Waals surface area contributed by atoms with E-state index in [1.54, 1.807) is 32.0 Å². The van der Waals surface area contributed by atoms with Crippen LogP contribution in [0.2, 0.25) is 0 Å². The van der Waals surface area contributed by atoms with Crippen molar-refractivity contribution in [2.45, 2.75) is 44.4 Å². The molecule has 2 N–H and O–H groups in total. The number of nitrogens with one attached hydrogen (secondary N) is 1. The molecule has 2 amide bonds. The number of carbonyl (C=O) groups excluding carboxylic acids is 3. The summed E-state index contributed by atoms with van der Waals surface area (Å²) in [6.45, 7) is 3.78. The highest BCUT2D eigenvalue weighted by Gasteiger charge is 2.48. The van der Waals surface area contributed by atoms with Crippen LogP contribution in [0.5, 0.6) is 0 Å². The van der Waals surface area contributed by atoms with E-state index in [4.69, 9.17) is 9.47 Å². The molecule has 1 aromatic carbocycles. The number of nitrogens with zero attached hydrogens (tertiary/aromatic N) is 1. The zero-order valence-electron chi connectivity index (χ0n) is 14.7. The first kappa shape index (κ1) is 18.2. The zero-order chi connectivity index (χ0) is 18.8. The molecular weight excluding hydrogens is 340 g/mol. The number of rotatable bonds is 4. The van der Waals surface area contributed by atoms with Crippen molar-refractivity contribution < 1.29 is 29.0 Å². The number of alkyl carbamates (subject to hydrolysis) is 1. The third-order valence-corrected chi connectivity index (χ3v) is 4.86. The van der Waals surface area contributed by atoms with Crippen molar-refractivity contribution in [3.8, 4) is 0 Å². The molecule has 1 heterocycles. The summed E-state index contributed by atoms with van der Waals surface area (Å²) in [6.07, 6.45) is -1.28. The van der Waals surface area contributed by atoms with E-state index in [0.29, 0.717) is 17.7 Å². The lowest BCUT2D eigenvalue weighted by Gasteiger charge is -2.34. The highest BCUT2D eigenvalue weighted by atomic mass is 16.6. The van der Waals surface area contributed by atoms with Gasteiger partial charge in [0.25, 0.3) is 0 Å². The molecule has 8 heteroatoms. The number of ether oxygens (including phenoxy) is 2. The maximum Gasteiger partial charge on any atom is 0.416 e. The van der Waals surface area contributed by atoms with Crippen LogP contribution in [0, 0.1) is 0 Å². The largest absolute Gasteiger partial charge is 0.450 e. The number of aldehydes is 1.